The standard InChI is InChI=1S/C16H22O2/c1-5-6-7-12-9(2)8-13-10(3)15(17)11(4)16(18)14(12)13/h8,10-12H,5-7H2,1-4H3. The molecule has 3 unspecified atom stereocenters. The topological polar surface area (TPSA) is 34.1 Å². The minimum Gasteiger partial charge on any atom is -0.298 e. The molecule has 0 fully saturated rings. The van der Waals surface area contributed by atoms with Crippen LogP contribution in [0.3, 0.4) is 0 Å². The number of allylic oxidation sites excluding steroid dienone is 4. The Morgan fingerprint density at radius 3 is 2.44 bits per heavy atom. The summed E-state index contributed by atoms with van der Waals surface area (Å²) in [4.78, 5) is 24.4. The van der Waals surface area contributed by atoms with E-state index in [4.69, 9.17) is 0 Å². The first-order chi connectivity index (χ1) is 8.49. The second kappa shape index (κ2) is 4.83. The Balaban J connectivity index is 2.38. The number of Topliss-reactive ketones (excluding diaryl/α,β-unsaturated/α-hetero) is 2. The molecule has 2 heteroatoms. The van der Waals surface area contributed by atoms with E-state index < -0.39 is 5.92 Å². The third-order valence-corrected chi connectivity index (χ3v) is 4.42. The summed E-state index contributed by atoms with van der Waals surface area (Å²) in [6.45, 7) is 7.95. The van der Waals surface area contributed by atoms with Crippen molar-refractivity contribution in [3.63, 3.8) is 0 Å². The van der Waals surface area contributed by atoms with Crippen LogP contribution in [0.15, 0.2) is 22.8 Å². The maximum Gasteiger partial charge on any atom is 0.169 e. The average Bonchev–Trinajstić information content (AvgIpc) is 2.68. The van der Waals surface area contributed by atoms with Crippen molar-refractivity contribution in [2.75, 3.05) is 0 Å². The molecule has 2 nitrogen and oxygen atoms in total. The third kappa shape index (κ3) is 1.88. The fourth-order valence-corrected chi connectivity index (χ4v) is 3.20. The molecule has 3 atom stereocenters. The smallest absolute Gasteiger partial charge is 0.169 e. The molecule has 0 aliphatic heterocycles. The molecule has 0 radical (unpaired) electrons. The van der Waals surface area contributed by atoms with E-state index in [1.165, 1.54) is 5.57 Å². The van der Waals surface area contributed by atoms with Crippen LogP contribution >= 0.6 is 0 Å². The Labute approximate surface area is 109 Å². The van der Waals surface area contributed by atoms with Crippen molar-refractivity contribution < 1.29 is 9.59 Å². The summed E-state index contributed by atoms with van der Waals surface area (Å²) in [5.41, 5.74) is 3.21. The predicted octanol–water partition coefficient (Wildman–Crippen LogP) is 3.47. The molecule has 0 aromatic heterocycles. The quantitative estimate of drug-likeness (QED) is 0.714. The number of hydrogen-bond donors (Lipinski definition) is 0. The van der Waals surface area contributed by atoms with E-state index in [0.29, 0.717) is 0 Å². The largest absolute Gasteiger partial charge is 0.298 e. The average molecular weight is 246 g/mol. The van der Waals surface area contributed by atoms with Crippen molar-refractivity contribution in [3.05, 3.63) is 22.8 Å². The van der Waals surface area contributed by atoms with Crippen molar-refractivity contribution in [1.29, 1.82) is 0 Å². The highest BCUT2D eigenvalue weighted by atomic mass is 16.2. The van der Waals surface area contributed by atoms with Crippen molar-refractivity contribution in [3.8, 4) is 0 Å². The van der Waals surface area contributed by atoms with Crippen molar-refractivity contribution in [2.45, 2.75) is 47.0 Å². The van der Waals surface area contributed by atoms with Gasteiger partial charge >= 0.3 is 0 Å². The SMILES string of the molecule is CCCCC1C(C)=CC2=C1C(=O)C(C)C(=O)C2C. The van der Waals surface area contributed by atoms with Gasteiger partial charge in [0.05, 0.1) is 5.92 Å². The van der Waals surface area contributed by atoms with Crippen LogP contribution in [0.2, 0.25) is 0 Å². The maximum absolute atomic E-state index is 12.4. The normalized spacial score (nSPS) is 31.8. The van der Waals surface area contributed by atoms with Crippen molar-refractivity contribution in [1.82, 2.24) is 0 Å². The molecule has 0 saturated heterocycles. The van der Waals surface area contributed by atoms with Crippen LogP contribution in [0.5, 0.6) is 0 Å². The molecule has 18 heavy (non-hydrogen) atoms. The van der Waals surface area contributed by atoms with Gasteiger partial charge < -0.3 is 0 Å². The predicted molar refractivity (Wildman–Crippen MR) is 72.1 cm³/mol. The van der Waals surface area contributed by atoms with Gasteiger partial charge in [0.15, 0.2) is 11.6 Å². The van der Waals surface area contributed by atoms with E-state index >= 15 is 0 Å². The van der Waals surface area contributed by atoms with Crippen molar-refractivity contribution >= 4 is 11.6 Å². The zero-order valence-electron chi connectivity index (χ0n) is 11.7. The molecule has 0 heterocycles. The molecular weight excluding hydrogens is 224 g/mol. The fraction of sp³-hybridized carbons (Fsp3) is 0.625. The fourth-order valence-electron chi connectivity index (χ4n) is 3.20. The van der Waals surface area contributed by atoms with Crippen LogP contribution in [-0.4, -0.2) is 11.6 Å². The third-order valence-electron chi connectivity index (χ3n) is 4.42. The monoisotopic (exact) mass is 246 g/mol. The summed E-state index contributed by atoms with van der Waals surface area (Å²) in [6, 6.07) is 0. The molecule has 0 bridgehead atoms. The van der Waals surface area contributed by atoms with Gasteiger partial charge in [-0.3, -0.25) is 9.59 Å². The first kappa shape index (κ1) is 13.3. The molecule has 0 N–H and O–H groups in total. The number of carbonyl (C=O) groups excluding carboxylic acids is 2. The Kier molecular flexibility index (Phi) is 3.56. The number of unbranched alkanes of at least 4 members (excludes halogenated alkanes) is 1. The highest BCUT2D eigenvalue weighted by Gasteiger charge is 2.42. The van der Waals surface area contributed by atoms with E-state index in [1.54, 1.807) is 6.92 Å². The Hall–Kier alpha value is -1.18. The van der Waals surface area contributed by atoms with Gasteiger partial charge in [0, 0.05) is 17.4 Å². The lowest BCUT2D eigenvalue weighted by molar-refractivity contribution is -0.133. The summed E-state index contributed by atoms with van der Waals surface area (Å²) < 4.78 is 0. The summed E-state index contributed by atoms with van der Waals surface area (Å²) >= 11 is 0. The van der Waals surface area contributed by atoms with Gasteiger partial charge in [-0.15, -0.1) is 0 Å². The van der Waals surface area contributed by atoms with Crippen LogP contribution < -0.4 is 0 Å². The van der Waals surface area contributed by atoms with Gasteiger partial charge in [-0.1, -0.05) is 38.3 Å². The van der Waals surface area contributed by atoms with Gasteiger partial charge in [-0.05, 0) is 25.8 Å². The molecule has 0 aromatic carbocycles. The van der Waals surface area contributed by atoms with Crippen LogP contribution in [0, 0.1) is 17.8 Å². The van der Waals surface area contributed by atoms with Crippen molar-refractivity contribution in [2.24, 2.45) is 17.8 Å². The second-order valence-corrected chi connectivity index (χ2v) is 5.66. The molecule has 98 valence electrons. The molecular formula is C16H22O2. The minimum atomic E-state index is -0.442. The lowest BCUT2D eigenvalue weighted by Crippen LogP contribution is -2.35. The highest BCUT2D eigenvalue weighted by molar-refractivity contribution is 6.16. The summed E-state index contributed by atoms with van der Waals surface area (Å²) in [6.07, 6.45) is 5.40. The Morgan fingerprint density at radius 1 is 1.17 bits per heavy atom. The van der Waals surface area contributed by atoms with E-state index in [9.17, 15) is 9.59 Å². The summed E-state index contributed by atoms with van der Waals surface area (Å²) in [5, 5.41) is 0. The molecule has 2 aliphatic rings. The first-order valence-corrected chi connectivity index (χ1v) is 6.99. The van der Waals surface area contributed by atoms with E-state index in [0.717, 1.165) is 30.4 Å². The lowest BCUT2D eigenvalue weighted by Gasteiger charge is -2.27. The van der Waals surface area contributed by atoms with Gasteiger partial charge in [0.2, 0.25) is 0 Å². The Morgan fingerprint density at radius 2 is 1.83 bits per heavy atom. The van der Waals surface area contributed by atoms with Crippen LogP contribution in [0.4, 0.5) is 0 Å². The van der Waals surface area contributed by atoms with Crippen LogP contribution in [0.1, 0.15) is 47.0 Å². The molecule has 0 spiro atoms. The summed E-state index contributed by atoms with van der Waals surface area (Å²) in [5.74, 6) is -0.122. The number of hydrogen-bond acceptors (Lipinski definition) is 2. The lowest BCUT2D eigenvalue weighted by atomic mass is 9.74. The molecule has 2 rings (SSSR count). The number of rotatable bonds is 3. The number of ketones is 2. The van der Waals surface area contributed by atoms with Crippen LogP contribution in [0.25, 0.3) is 0 Å². The van der Waals surface area contributed by atoms with E-state index in [-0.39, 0.29) is 23.4 Å². The highest BCUT2D eigenvalue weighted by Crippen LogP contribution is 2.43. The summed E-state index contributed by atoms with van der Waals surface area (Å²) in [7, 11) is 0. The minimum absolute atomic E-state index is 0.0716. The molecule has 0 saturated carbocycles. The second-order valence-electron chi connectivity index (χ2n) is 5.66. The van der Waals surface area contributed by atoms with Gasteiger partial charge in [0.25, 0.3) is 0 Å². The zero-order valence-corrected chi connectivity index (χ0v) is 11.7. The zero-order chi connectivity index (χ0) is 13.4. The maximum atomic E-state index is 12.4. The molecule has 2 aliphatic carbocycles. The van der Waals surface area contributed by atoms with Gasteiger partial charge in [-0.2, -0.15) is 0 Å². The molecule has 0 aromatic rings. The van der Waals surface area contributed by atoms with Crippen LogP contribution in [-0.2, 0) is 9.59 Å². The molecule has 0 amide bonds. The van der Waals surface area contributed by atoms with Gasteiger partial charge in [0.1, 0.15) is 0 Å². The Bertz CT molecular complexity index is 454. The van der Waals surface area contributed by atoms with E-state index in [1.807, 2.05) is 6.92 Å². The first-order valence-electron chi connectivity index (χ1n) is 6.99. The van der Waals surface area contributed by atoms with E-state index in [2.05, 4.69) is 19.9 Å². The van der Waals surface area contributed by atoms with Gasteiger partial charge in [-0.25, -0.2) is 0 Å². The number of carbonyl (C=O) groups is 2.